The van der Waals surface area contributed by atoms with Gasteiger partial charge in [-0.05, 0) is 35.2 Å². The average Bonchev–Trinajstić information content (AvgIpc) is 2.42. The predicted octanol–water partition coefficient (Wildman–Crippen LogP) is 3.96. The first-order valence-electron chi connectivity index (χ1n) is 6.75. The van der Waals surface area contributed by atoms with E-state index in [-0.39, 0.29) is 17.0 Å². The summed E-state index contributed by atoms with van der Waals surface area (Å²) in [7, 11) is 0. The fraction of sp³-hybridized carbons (Fsp3) is 0.235. The lowest BCUT2D eigenvalue weighted by Crippen LogP contribution is -2.21. The van der Waals surface area contributed by atoms with Crippen LogP contribution in [0.3, 0.4) is 0 Å². The number of carbonyl (C=O) groups is 1. The van der Waals surface area contributed by atoms with Crippen LogP contribution in [0, 0.1) is 5.82 Å². The van der Waals surface area contributed by atoms with Gasteiger partial charge in [0.25, 0.3) is 5.91 Å². The number of hydrogen-bond donors (Lipinski definition) is 2. The zero-order valence-corrected chi connectivity index (χ0v) is 12.4. The SMILES string of the molecule is CC(C)(C)c1ccccc1C(=O)Nc1cc(N)ccc1F. The van der Waals surface area contributed by atoms with Gasteiger partial charge in [0, 0.05) is 11.3 Å². The molecule has 2 aromatic rings. The number of nitrogens with one attached hydrogen (secondary N) is 1. The van der Waals surface area contributed by atoms with E-state index in [1.165, 1.54) is 18.2 Å². The first-order valence-corrected chi connectivity index (χ1v) is 6.75. The van der Waals surface area contributed by atoms with E-state index in [0.29, 0.717) is 11.3 Å². The van der Waals surface area contributed by atoms with Crippen LogP contribution in [0.25, 0.3) is 0 Å². The first kappa shape index (κ1) is 15.0. The molecular weight excluding hydrogens is 267 g/mol. The number of amides is 1. The number of carbonyl (C=O) groups excluding carboxylic acids is 1. The molecule has 0 aromatic heterocycles. The quantitative estimate of drug-likeness (QED) is 0.821. The Kier molecular flexibility index (Phi) is 3.98. The van der Waals surface area contributed by atoms with Gasteiger partial charge in [0.1, 0.15) is 5.82 Å². The molecule has 2 aromatic carbocycles. The van der Waals surface area contributed by atoms with E-state index >= 15 is 0 Å². The van der Waals surface area contributed by atoms with E-state index in [0.717, 1.165) is 5.56 Å². The topological polar surface area (TPSA) is 55.1 Å². The van der Waals surface area contributed by atoms with Crippen LogP contribution in [-0.2, 0) is 5.41 Å². The third-order valence-electron chi connectivity index (χ3n) is 3.22. The summed E-state index contributed by atoms with van der Waals surface area (Å²) in [5.74, 6) is -0.851. The van der Waals surface area contributed by atoms with Crippen LogP contribution in [0.5, 0.6) is 0 Å². The van der Waals surface area contributed by atoms with Crippen molar-refractivity contribution < 1.29 is 9.18 Å². The van der Waals surface area contributed by atoms with Crippen LogP contribution in [0.15, 0.2) is 42.5 Å². The molecule has 21 heavy (non-hydrogen) atoms. The molecule has 0 aliphatic rings. The molecule has 0 spiro atoms. The van der Waals surface area contributed by atoms with Gasteiger partial charge in [-0.25, -0.2) is 4.39 Å². The molecule has 3 N–H and O–H groups in total. The van der Waals surface area contributed by atoms with Crippen molar-refractivity contribution in [3.63, 3.8) is 0 Å². The molecule has 0 unspecified atom stereocenters. The molecule has 2 rings (SSSR count). The van der Waals surface area contributed by atoms with Gasteiger partial charge in [0.15, 0.2) is 0 Å². The van der Waals surface area contributed by atoms with Crippen molar-refractivity contribution in [2.75, 3.05) is 11.1 Å². The lowest BCUT2D eigenvalue weighted by molar-refractivity contribution is 0.102. The van der Waals surface area contributed by atoms with Gasteiger partial charge in [-0.15, -0.1) is 0 Å². The molecule has 0 fully saturated rings. The van der Waals surface area contributed by atoms with E-state index in [2.05, 4.69) is 5.32 Å². The molecule has 4 heteroatoms. The van der Waals surface area contributed by atoms with E-state index in [1.807, 2.05) is 32.9 Å². The highest BCUT2D eigenvalue weighted by atomic mass is 19.1. The Hall–Kier alpha value is -2.36. The Labute approximate surface area is 124 Å². The van der Waals surface area contributed by atoms with Gasteiger partial charge in [0.05, 0.1) is 5.69 Å². The van der Waals surface area contributed by atoms with Crippen LogP contribution >= 0.6 is 0 Å². The highest BCUT2D eigenvalue weighted by Gasteiger charge is 2.21. The number of nitrogen functional groups attached to an aromatic ring is 1. The molecular formula is C17H19FN2O. The smallest absolute Gasteiger partial charge is 0.256 e. The van der Waals surface area contributed by atoms with Crippen molar-refractivity contribution in [3.05, 3.63) is 59.4 Å². The fourth-order valence-electron chi connectivity index (χ4n) is 2.16. The molecule has 0 bridgehead atoms. The third-order valence-corrected chi connectivity index (χ3v) is 3.22. The molecule has 110 valence electrons. The maximum atomic E-state index is 13.7. The molecule has 0 saturated heterocycles. The summed E-state index contributed by atoms with van der Waals surface area (Å²) in [6, 6.07) is 11.4. The van der Waals surface area contributed by atoms with Crippen molar-refractivity contribution in [2.45, 2.75) is 26.2 Å². The van der Waals surface area contributed by atoms with Gasteiger partial charge in [-0.1, -0.05) is 39.0 Å². The Balaban J connectivity index is 2.36. The summed E-state index contributed by atoms with van der Waals surface area (Å²) in [5.41, 5.74) is 7.37. The van der Waals surface area contributed by atoms with Gasteiger partial charge < -0.3 is 11.1 Å². The Morgan fingerprint density at radius 3 is 2.48 bits per heavy atom. The van der Waals surface area contributed by atoms with Gasteiger partial charge in [-0.2, -0.15) is 0 Å². The van der Waals surface area contributed by atoms with Gasteiger partial charge in [0.2, 0.25) is 0 Å². The van der Waals surface area contributed by atoms with Crippen molar-refractivity contribution in [2.24, 2.45) is 0 Å². The van der Waals surface area contributed by atoms with Crippen LogP contribution in [0.2, 0.25) is 0 Å². The minimum Gasteiger partial charge on any atom is -0.399 e. The second kappa shape index (κ2) is 5.56. The van der Waals surface area contributed by atoms with Gasteiger partial charge in [-0.3, -0.25) is 4.79 Å². The van der Waals surface area contributed by atoms with E-state index in [1.54, 1.807) is 12.1 Å². The molecule has 3 nitrogen and oxygen atoms in total. The summed E-state index contributed by atoms with van der Waals surface area (Å²) in [4.78, 5) is 12.4. The molecule has 0 heterocycles. The number of benzene rings is 2. The number of nitrogens with two attached hydrogens (primary N) is 1. The summed E-state index contributed by atoms with van der Waals surface area (Å²) in [6.45, 7) is 6.08. The lowest BCUT2D eigenvalue weighted by Gasteiger charge is -2.22. The van der Waals surface area contributed by atoms with Crippen LogP contribution < -0.4 is 11.1 Å². The first-order chi connectivity index (χ1) is 9.79. The standard InChI is InChI=1S/C17H19FN2O/c1-17(2,3)13-7-5-4-6-12(13)16(21)20-15-10-11(19)8-9-14(15)18/h4-10H,19H2,1-3H3,(H,20,21). The minimum absolute atomic E-state index is 0.0868. The third kappa shape index (κ3) is 3.40. The second-order valence-electron chi connectivity index (χ2n) is 5.99. The number of halogens is 1. The number of hydrogen-bond acceptors (Lipinski definition) is 2. The van der Waals surface area contributed by atoms with Crippen LogP contribution in [-0.4, -0.2) is 5.91 Å². The fourth-order valence-corrected chi connectivity index (χ4v) is 2.16. The zero-order valence-electron chi connectivity index (χ0n) is 12.4. The minimum atomic E-state index is -0.509. The van der Waals surface area contributed by atoms with E-state index in [9.17, 15) is 9.18 Å². The van der Waals surface area contributed by atoms with E-state index in [4.69, 9.17) is 5.73 Å². The highest BCUT2D eigenvalue weighted by molar-refractivity contribution is 6.05. The molecule has 1 amide bonds. The molecule has 0 saturated carbocycles. The Morgan fingerprint density at radius 1 is 1.14 bits per heavy atom. The average molecular weight is 286 g/mol. The molecule has 0 aliphatic heterocycles. The largest absolute Gasteiger partial charge is 0.399 e. The summed E-state index contributed by atoms with van der Waals surface area (Å²) >= 11 is 0. The second-order valence-corrected chi connectivity index (χ2v) is 5.99. The van der Waals surface area contributed by atoms with Crippen molar-refractivity contribution in [1.29, 1.82) is 0 Å². The van der Waals surface area contributed by atoms with Crippen LogP contribution in [0.4, 0.5) is 15.8 Å². The maximum absolute atomic E-state index is 13.7. The Morgan fingerprint density at radius 2 is 1.81 bits per heavy atom. The van der Waals surface area contributed by atoms with Crippen molar-refractivity contribution in [1.82, 2.24) is 0 Å². The maximum Gasteiger partial charge on any atom is 0.256 e. The molecule has 0 atom stereocenters. The predicted molar refractivity (Wildman–Crippen MR) is 83.9 cm³/mol. The Bertz CT molecular complexity index is 675. The highest BCUT2D eigenvalue weighted by Crippen LogP contribution is 2.27. The summed E-state index contributed by atoms with van der Waals surface area (Å²) < 4.78 is 13.7. The number of anilines is 2. The molecule has 0 radical (unpaired) electrons. The summed E-state index contributed by atoms with van der Waals surface area (Å²) in [5, 5.41) is 2.59. The van der Waals surface area contributed by atoms with Crippen molar-refractivity contribution in [3.8, 4) is 0 Å². The van der Waals surface area contributed by atoms with Crippen molar-refractivity contribution >= 4 is 17.3 Å². The number of rotatable bonds is 2. The molecule has 0 aliphatic carbocycles. The summed E-state index contributed by atoms with van der Waals surface area (Å²) in [6.07, 6.45) is 0. The monoisotopic (exact) mass is 286 g/mol. The van der Waals surface area contributed by atoms with Gasteiger partial charge >= 0.3 is 0 Å². The normalized spacial score (nSPS) is 11.2. The van der Waals surface area contributed by atoms with E-state index < -0.39 is 5.82 Å². The lowest BCUT2D eigenvalue weighted by atomic mass is 9.83. The van der Waals surface area contributed by atoms with Crippen LogP contribution in [0.1, 0.15) is 36.7 Å². The zero-order chi connectivity index (χ0) is 15.6.